The lowest BCUT2D eigenvalue weighted by molar-refractivity contribution is 0.925. The largest absolute Gasteiger partial charge is 0.306 e. The summed E-state index contributed by atoms with van der Waals surface area (Å²) >= 11 is 1.62. The SMILES string of the molecule is Cc1sc2nc(Nc3ccc(-c4ccccc4)nn3)nn2c1C. The minimum Gasteiger partial charge on any atom is -0.306 e. The maximum absolute atomic E-state index is 4.46. The molecule has 1 N–H and O–H groups in total. The molecule has 0 saturated carbocycles. The quantitative estimate of drug-likeness (QED) is 0.624. The Morgan fingerprint density at radius 2 is 1.83 bits per heavy atom. The van der Waals surface area contributed by atoms with E-state index in [2.05, 4.69) is 32.5 Å². The Morgan fingerprint density at radius 1 is 1.00 bits per heavy atom. The van der Waals surface area contributed by atoms with Crippen molar-refractivity contribution in [3.63, 3.8) is 0 Å². The lowest BCUT2D eigenvalue weighted by Crippen LogP contribution is -1.98. The molecule has 0 amide bonds. The fourth-order valence-electron chi connectivity index (χ4n) is 2.27. The molecule has 1 aromatic carbocycles. The molecule has 0 aliphatic rings. The first-order chi connectivity index (χ1) is 11.2. The summed E-state index contributed by atoms with van der Waals surface area (Å²) in [5.41, 5.74) is 2.98. The van der Waals surface area contributed by atoms with E-state index in [0.29, 0.717) is 11.8 Å². The molecule has 0 atom stereocenters. The molecule has 4 rings (SSSR count). The summed E-state index contributed by atoms with van der Waals surface area (Å²) in [6.07, 6.45) is 0. The molecule has 7 heteroatoms. The summed E-state index contributed by atoms with van der Waals surface area (Å²) in [4.78, 5) is 6.55. The fraction of sp³-hybridized carbons (Fsp3) is 0.125. The predicted molar refractivity (Wildman–Crippen MR) is 91.1 cm³/mol. The summed E-state index contributed by atoms with van der Waals surface area (Å²) in [7, 11) is 0. The lowest BCUT2D eigenvalue weighted by Gasteiger charge is -2.02. The molecule has 0 bridgehead atoms. The molecule has 23 heavy (non-hydrogen) atoms. The van der Waals surface area contributed by atoms with Crippen LogP contribution >= 0.6 is 11.3 Å². The van der Waals surface area contributed by atoms with Crippen molar-refractivity contribution in [1.82, 2.24) is 24.8 Å². The van der Waals surface area contributed by atoms with Crippen LogP contribution < -0.4 is 5.32 Å². The number of aromatic nitrogens is 5. The van der Waals surface area contributed by atoms with Crippen molar-refractivity contribution in [2.24, 2.45) is 0 Å². The Labute approximate surface area is 136 Å². The Bertz CT molecular complexity index is 956. The zero-order valence-electron chi connectivity index (χ0n) is 12.7. The van der Waals surface area contributed by atoms with Crippen molar-refractivity contribution in [2.45, 2.75) is 13.8 Å². The highest BCUT2D eigenvalue weighted by molar-refractivity contribution is 7.17. The monoisotopic (exact) mass is 322 g/mol. The van der Waals surface area contributed by atoms with Gasteiger partial charge in [-0.25, -0.2) is 4.52 Å². The van der Waals surface area contributed by atoms with E-state index in [9.17, 15) is 0 Å². The highest BCUT2D eigenvalue weighted by Crippen LogP contribution is 2.22. The Kier molecular flexibility index (Phi) is 3.27. The van der Waals surface area contributed by atoms with E-state index in [4.69, 9.17) is 0 Å². The van der Waals surface area contributed by atoms with Gasteiger partial charge >= 0.3 is 0 Å². The maximum atomic E-state index is 4.46. The molecule has 0 fully saturated rings. The minimum atomic E-state index is 0.529. The third-order valence-corrected chi connectivity index (χ3v) is 4.67. The van der Waals surface area contributed by atoms with Gasteiger partial charge in [0.2, 0.25) is 10.9 Å². The number of rotatable bonds is 3. The Hall–Kier alpha value is -2.80. The van der Waals surface area contributed by atoms with Crippen LogP contribution in [0.15, 0.2) is 42.5 Å². The number of nitrogens with one attached hydrogen (secondary N) is 1. The number of aryl methyl sites for hydroxylation is 2. The normalized spacial score (nSPS) is 11.0. The van der Waals surface area contributed by atoms with Crippen LogP contribution in [0.4, 0.5) is 11.8 Å². The van der Waals surface area contributed by atoms with Crippen molar-refractivity contribution in [1.29, 1.82) is 0 Å². The number of anilines is 2. The van der Waals surface area contributed by atoms with Gasteiger partial charge in [-0.3, -0.25) is 0 Å². The van der Waals surface area contributed by atoms with Gasteiger partial charge in [-0.2, -0.15) is 4.98 Å². The van der Waals surface area contributed by atoms with Gasteiger partial charge in [0, 0.05) is 10.4 Å². The van der Waals surface area contributed by atoms with Crippen LogP contribution in [0.2, 0.25) is 0 Å². The van der Waals surface area contributed by atoms with E-state index in [-0.39, 0.29) is 0 Å². The molecule has 0 unspecified atom stereocenters. The molecular weight excluding hydrogens is 308 g/mol. The van der Waals surface area contributed by atoms with Gasteiger partial charge in [-0.05, 0) is 26.0 Å². The molecule has 4 aromatic rings. The van der Waals surface area contributed by atoms with Crippen LogP contribution in [0.25, 0.3) is 16.2 Å². The molecule has 3 heterocycles. The zero-order chi connectivity index (χ0) is 15.8. The maximum Gasteiger partial charge on any atom is 0.249 e. The summed E-state index contributed by atoms with van der Waals surface area (Å²) in [6, 6.07) is 13.8. The topological polar surface area (TPSA) is 68.0 Å². The molecular formula is C16H14N6S. The number of thiazole rings is 1. The van der Waals surface area contributed by atoms with Crippen LogP contribution in [-0.4, -0.2) is 24.8 Å². The van der Waals surface area contributed by atoms with E-state index in [1.807, 2.05) is 53.9 Å². The van der Waals surface area contributed by atoms with E-state index >= 15 is 0 Å². The van der Waals surface area contributed by atoms with Gasteiger partial charge in [0.05, 0.1) is 11.4 Å². The molecule has 0 aliphatic carbocycles. The second-order valence-corrected chi connectivity index (χ2v) is 6.35. The first-order valence-electron chi connectivity index (χ1n) is 7.19. The van der Waals surface area contributed by atoms with Crippen molar-refractivity contribution in [3.05, 3.63) is 53.0 Å². The number of benzene rings is 1. The predicted octanol–water partition coefficient (Wildman–Crippen LogP) is 3.61. The van der Waals surface area contributed by atoms with Gasteiger partial charge in [-0.1, -0.05) is 41.7 Å². The first kappa shape index (κ1) is 13.8. The van der Waals surface area contributed by atoms with Crippen molar-refractivity contribution in [2.75, 3.05) is 5.32 Å². The molecule has 114 valence electrons. The van der Waals surface area contributed by atoms with E-state index in [0.717, 1.165) is 21.9 Å². The van der Waals surface area contributed by atoms with E-state index in [1.54, 1.807) is 11.3 Å². The first-order valence-corrected chi connectivity index (χ1v) is 8.01. The third-order valence-electron chi connectivity index (χ3n) is 3.62. The average Bonchev–Trinajstić information content (AvgIpc) is 3.08. The average molecular weight is 322 g/mol. The van der Waals surface area contributed by atoms with Crippen LogP contribution in [0.3, 0.4) is 0 Å². The van der Waals surface area contributed by atoms with Gasteiger partial charge in [-0.15, -0.1) is 15.3 Å². The van der Waals surface area contributed by atoms with Gasteiger partial charge in [0.15, 0.2) is 5.82 Å². The van der Waals surface area contributed by atoms with Crippen LogP contribution in [-0.2, 0) is 0 Å². The molecule has 0 saturated heterocycles. The Balaban J connectivity index is 1.58. The second kappa shape index (κ2) is 5.44. The van der Waals surface area contributed by atoms with E-state index in [1.165, 1.54) is 4.88 Å². The molecule has 0 spiro atoms. The third kappa shape index (κ3) is 2.55. The number of nitrogens with zero attached hydrogens (tertiary/aromatic N) is 5. The lowest BCUT2D eigenvalue weighted by atomic mass is 10.1. The zero-order valence-corrected chi connectivity index (χ0v) is 13.5. The molecule has 6 nitrogen and oxygen atoms in total. The van der Waals surface area contributed by atoms with Gasteiger partial charge in [0.1, 0.15) is 0 Å². The standard InChI is InChI=1S/C16H14N6S/c1-10-11(2)23-16-18-15(21-22(10)16)17-14-9-8-13(19-20-14)12-6-4-3-5-7-12/h3-9H,1-2H3,(H,17,20,21). The number of fused-ring (bicyclic) bond motifs is 1. The summed E-state index contributed by atoms with van der Waals surface area (Å²) in [6.45, 7) is 4.10. The highest BCUT2D eigenvalue weighted by atomic mass is 32.1. The molecule has 0 radical (unpaired) electrons. The van der Waals surface area contributed by atoms with Crippen molar-refractivity contribution < 1.29 is 0 Å². The van der Waals surface area contributed by atoms with E-state index < -0.39 is 0 Å². The van der Waals surface area contributed by atoms with Crippen LogP contribution in [0.5, 0.6) is 0 Å². The van der Waals surface area contributed by atoms with Crippen LogP contribution in [0, 0.1) is 13.8 Å². The Morgan fingerprint density at radius 3 is 2.52 bits per heavy atom. The second-order valence-electron chi connectivity index (χ2n) is 5.17. The number of hydrogen-bond donors (Lipinski definition) is 1. The summed E-state index contributed by atoms with van der Waals surface area (Å²) < 4.78 is 1.84. The number of hydrogen-bond acceptors (Lipinski definition) is 6. The summed E-state index contributed by atoms with van der Waals surface area (Å²) in [5.74, 6) is 1.15. The smallest absolute Gasteiger partial charge is 0.249 e. The fourth-order valence-corrected chi connectivity index (χ4v) is 3.18. The molecule has 0 aliphatic heterocycles. The minimum absolute atomic E-state index is 0.529. The van der Waals surface area contributed by atoms with Crippen molar-refractivity contribution in [3.8, 4) is 11.3 Å². The highest BCUT2D eigenvalue weighted by Gasteiger charge is 2.11. The van der Waals surface area contributed by atoms with Crippen molar-refractivity contribution >= 4 is 28.1 Å². The van der Waals surface area contributed by atoms with Gasteiger partial charge < -0.3 is 5.32 Å². The summed E-state index contributed by atoms with van der Waals surface area (Å²) in [5, 5.41) is 16.0. The molecule has 3 aromatic heterocycles. The van der Waals surface area contributed by atoms with Crippen LogP contribution in [0.1, 0.15) is 10.6 Å². The van der Waals surface area contributed by atoms with Gasteiger partial charge in [0.25, 0.3) is 0 Å².